The number of hydrogen-bond acceptors (Lipinski definition) is 9. The van der Waals surface area contributed by atoms with Crippen molar-refractivity contribution in [3.8, 4) is 0 Å². The van der Waals surface area contributed by atoms with Gasteiger partial charge in [0.2, 0.25) is 0 Å². The Bertz CT molecular complexity index is 127. The van der Waals surface area contributed by atoms with Gasteiger partial charge in [-0.25, -0.2) is 0 Å². The van der Waals surface area contributed by atoms with E-state index in [1.54, 1.807) is 0 Å². The molecule has 0 aliphatic carbocycles. The molecular formula is H6CaCl2O11Si. The fourth-order valence-corrected chi connectivity index (χ4v) is 0. The molecule has 0 amide bonds. The van der Waals surface area contributed by atoms with E-state index in [1.807, 2.05) is 0 Å². The summed E-state index contributed by atoms with van der Waals surface area (Å²) in [6.45, 7) is 0. The first-order valence-electron chi connectivity index (χ1n) is 1.92. The van der Waals surface area contributed by atoms with Crippen molar-refractivity contribution >= 4 is 46.9 Å². The molecule has 15 heteroatoms. The Kier molecular flexibility index (Phi) is 19.4. The monoisotopic (exact) mass is 320 g/mol. The van der Waals surface area contributed by atoms with Crippen LogP contribution in [-0.2, 0) is 4.46 Å². The second kappa shape index (κ2) is 11.6. The zero-order valence-corrected chi connectivity index (χ0v) is 11.3. The smallest absolute Gasteiger partial charge is 1.00 e. The van der Waals surface area contributed by atoms with Crippen molar-refractivity contribution in [2.75, 3.05) is 0 Å². The van der Waals surface area contributed by atoms with Gasteiger partial charge >= 0.3 is 46.9 Å². The Morgan fingerprint density at radius 3 is 0.867 bits per heavy atom. The average molecular weight is 321 g/mol. The van der Waals surface area contributed by atoms with Crippen molar-refractivity contribution in [1.82, 2.24) is 0 Å². The number of hydrogen-bond donors (Lipinski definition) is 4. The third-order valence-electron chi connectivity index (χ3n) is 0. The molecule has 0 aromatic rings. The van der Waals surface area contributed by atoms with Gasteiger partial charge in [0.1, 0.15) is 0 Å². The Labute approximate surface area is 121 Å². The number of halogens is 2. The molecule has 0 fully saturated rings. The summed E-state index contributed by atoms with van der Waals surface area (Å²) in [6, 6.07) is 0. The van der Waals surface area contributed by atoms with E-state index in [1.165, 1.54) is 0 Å². The van der Waals surface area contributed by atoms with Crippen LogP contribution in [0.25, 0.3) is 0 Å². The Morgan fingerprint density at radius 1 is 0.867 bits per heavy atom. The van der Waals surface area contributed by atoms with E-state index in [0.717, 1.165) is 0 Å². The molecule has 0 rings (SSSR count). The molecule has 0 aromatic heterocycles. The Hall–Kier alpha value is 1.14. The van der Waals surface area contributed by atoms with E-state index in [-0.39, 0.29) is 40.6 Å². The third-order valence-corrected chi connectivity index (χ3v) is 0. The molecule has 92 valence electrons. The summed E-state index contributed by atoms with van der Waals surface area (Å²) < 4.78 is 74.2. The summed E-state index contributed by atoms with van der Waals surface area (Å²) in [6.07, 6.45) is 0. The quantitative estimate of drug-likeness (QED) is 0.305. The average Bonchev–Trinajstić information content (AvgIpc) is 1.45. The molecular weight excluding hydrogens is 315 g/mol. The van der Waals surface area contributed by atoms with Gasteiger partial charge in [0.15, 0.2) is 0 Å². The minimum Gasteiger partial charge on any atom is -1.00 e. The third kappa shape index (κ3) is 2020. The molecule has 0 heterocycles. The van der Waals surface area contributed by atoms with Gasteiger partial charge in [0.05, 0.1) is 29.8 Å². The molecule has 0 aliphatic heterocycles. The maximum absolute atomic E-state index is 8.74. The summed E-state index contributed by atoms with van der Waals surface area (Å²) >= 11 is 0. The van der Waals surface area contributed by atoms with E-state index in [4.69, 9.17) is 51.3 Å². The van der Waals surface area contributed by atoms with Crippen LogP contribution in [0.15, 0.2) is 0 Å². The summed E-state index contributed by atoms with van der Waals surface area (Å²) in [5, 5.41) is 0. The van der Waals surface area contributed by atoms with Crippen LogP contribution in [0.3, 0.4) is 0 Å². The Morgan fingerprint density at radius 2 is 0.867 bits per heavy atom. The summed E-state index contributed by atoms with van der Waals surface area (Å²) in [7, 11) is -12.5. The van der Waals surface area contributed by atoms with Gasteiger partial charge in [-0.15, -0.1) is 0 Å². The second-order valence-corrected chi connectivity index (χ2v) is 3.22. The summed E-state index contributed by atoms with van der Waals surface area (Å²) in [5.74, 6) is 0. The van der Waals surface area contributed by atoms with E-state index in [2.05, 4.69) is 0 Å². The van der Waals surface area contributed by atoms with Crippen LogP contribution in [0.2, 0.25) is 0 Å². The largest absolute Gasteiger partial charge is 2.00 e. The van der Waals surface area contributed by atoms with Crippen LogP contribution in [0, 0.1) is 20.5 Å². The first-order valence-corrected chi connectivity index (χ1v) is 5.75. The first kappa shape index (κ1) is 25.1. The molecule has 0 aliphatic rings. The van der Waals surface area contributed by atoms with Crippen molar-refractivity contribution in [2.24, 2.45) is 0 Å². The topological polar surface area (TPSA) is 236 Å². The van der Waals surface area contributed by atoms with Gasteiger partial charge in [-0.3, -0.25) is 4.46 Å². The zero-order chi connectivity index (χ0) is 12.6. The van der Waals surface area contributed by atoms with Gasteiger partial charge in [-0.2, -0.15) is 28.0 Å². The maximum atomic E-state index is 8.74. The van der Waals surface area contributed by atoms with Crippen LogP contribution in [-0.4, -0.2) is 65.8 Å². The van der Waals surface area contributed by atoms with Crippen LogP contribution < -0.4 is 28.0 Å². The zero-order valence-electron chi connectivity index (χ0n) is 8.61. The van der Waals surface area contributed by atoms with Crippen molar-refractivity contribution in [1.29, 1.82) is 0 Å². The molecule has 11 nitrogen and oxygen atoms in total. The van der Waals surface area contributed by atoms with E-state index in [0.29, 0.717) is 0 Å². The van der Waals surface area contributed by atoms with Crippen molar-refractivity contribution in [2.45, 2.75) is 0 Å². The number of rotatable bonds is 0. The van der Waals surface area contributed by atoms with Gasteiger partial charge in [0, 0.05) is 0 Å². The molecule has 0 unspecified atom stereocenters. The SMILES string of the molecule is O=[Si](O)O.[Ca+2].[H-].[H-].[O-][Cl+3]([O-])([O-])O.[O-][Cl+3]([O-])([O-])O. The van der Waals surface area contributed by atoms with E-state index >= 15 is 0 Å². The molecule has 0 bridgehead atoms. The van der Waals surface area contributed by atoms with Crippen LogP contribution in [0.4, 0.5) is 0 Å². The first-order chi connectivity index (χ1) is 5.73. The predicted molar refractivity (Wildman–Crippen MR) is 23.3 cm³/mol. The molecule has 0 aromatic carbocycles. The molecule has 0 saturated carbocycles. The standard InChI is InChI=1S/Ca.2ClHO4.H2O3Si.2H/c;2*2-1(3,4)5;1-4(2)3;;/h;2*(H,2,3,4,5);1-2H;;/q+2;;;;2*-1. The fourth-order valence-electron chi connectivity index (χ4n) is 0. The van der Waals surface area contributed by atoms with Gasteiger partial charge in [0.25, 0.3) is 0 Å². The molecule has 4 N–H and O–H groups in total. The molecule has 0 radical (unpaired) electrons. The fraction of sp³-hybridized carbons (Fsp3) is 0. The molecule has 0 atom stereocenters. The minimum absolute atomic E-state index is 0. The van der Waals surface area contributed by atoms with E-state index in [9.17, 15) is 0 Å². The normalized spacial score (nSPS) is 9.60. The van der Waals surface area contributed by atoms with Crippen molar-refractivity contribution in [3.63, 3.8) is 0 Å². The predicted octanol–water partition coefficient (Wildman–Crippen LogP) is -10.0. The Balaban J connectivity index is -0.0000000247. The van der Waals surface area contributed by atoms with Crippen LogP contribution in [0.5, 0.6) is 0 Å². The summed E-state index contributed by atoms with van der Waals surface area (Å²) in [5.41, 5.74) is 0. The molecule has 15 heavy (non-hydrogen) atoms. The van der Waals surface area contributed by atoms with Gasteiger partial charge < -0.3 is 12.4 Å². The van der Waals surface area contributed by atoms with Gasteiger partial charge in [-0.05, 0) is 0 Å². The van der Waals surface area contributed by atoms with Crippen LogP contribution >= 0.6 is 0 Å². The van der Waals surface area contributed by atoms with E-state index < -0.39 is 29.7 Å². The van der Waals surface area contributed by atoms with Crippen molar-refractivity contribution < 1.29 is 74.7 Å². The summed E-state index contributed by atoms with van der Waals surface area (Å²) in [4.78, 5) is 14.3. The maximum Gasteiger partial charge on any atom is 2.00 e. The molecule has 0 saturated heterocycles. The second-order valence-electron chi connectivity index (χ2n) is 1.07. The van der Waals surface area contributed by atoms with Gasteiger partial charge in [-0.1, -0.05) is 0 Å². The van der Waals surface area contributed by atoms with Crippen LogP contribution in [0.1, 0.15) is 2.85 Å². The molecule has 0 spiro atoms. The van der Waals surface area contributed by atoms with Crippen molar-refractivity contribution in [3.05, 3.63) is 0 Å². The minimum atomic E-state index is -4.69.